The first-order valence-corrected chi connectivity index (χ1v) is 5.32. The molecule has 2 N–H and O–H groups in total. The maximum absolute atomic E-state index is 11.6. The maximum Gasteiger partial charge on any atom is 0.227 e. The van der Waals surface area contributed by atoms with Gasteiger partial charge in [-0.1, -0.05) is 18.2 Å². The molecular formula is C13H13NO3. The summed E-state index contributed by atoms with van der Waals surface area (Å²) in [6, 6.07) is 12.4. The lowest BCUT2D eigenvalue weighted by molar-refractivity contribution is -0.118. The van der Waals surface area contributed by atoms with E-state index in [0.29, 0.717) is 11.4 Å². The lowest BCUT2D eigenvalue weighted by atomic mass is 10.2. The van der Waals surface area contributed by atoms with Crippen LogP contribution in [0.5, 0.6) is 0 Å². The number of benzene rings is 1. The quantitative estimate of drug-likeness (QED) is 0.848. The lowest BCUT2D eigenvalue weighted by Crippen LogP contribution is -2.15. The number of hydrogen-bond acceptors (Lipinski definition) is 3. The highest BCUT2D eigenvalue weighted by atomic mass is 16.4. The number of furan rings is 1. The fourth-order valence-corrected chi connectivity index (χ4v) is 1.49. The van der Waals surface area contributed by atoms with Crippen LogP contribution in [0, 0.1) is 0 Å². The maximum atomic E-state index is 11.6. The average Bonchev–Trinajstić information content (AvgIpc) is 2.83. The van der Waals surface area contributed by atoms with Crippen LogP contribution in [0.1, 0.15) is 18.3 Å². The van der Waals surface area contributed by atoms with Crippen LogP contribution in [0.25, 0.3) is 0 Å². The van der Waals surface area contributed by atoms with E-state index in [2.05, 4.69) is 5.32 Å². The summed E-state index contributed by atoms with van der Waals surface area (Å²) in [6.07, 6.45) is 0.532. The standard InChI is InChI=1S/C13H13NO3/c15-11(12-7-4-8-17-12)9-13(16)14-10-5-2-1-3-6-10/h1-8,11,15H,9H2,(H,14,16)/t11-/m0/s1. The van der Waals surface area contributed by atoms with Gasteiger partial charge in [-0.3, -0.25) is 4.79 Å². The molecule has 0 saturated heterocycles. The molecule has 1 heterocycles. The Labute approximate surface area is 98.9 Å². The van der Waals surface area contributed by atoms with Crippen molar-refractivity contribution in [2.75, 3.05) is 5.32 Å². The molecule has 1 atom stereocenters. The van der Waals surface area contributed by atoms with Gasteiger partial charge in [0.1, 0.15) is 11.9 Å². The van der Waals surface area contributed by atoms with Crippen molar-refractivity contribution in [1.29, 1.82) is 0 Å². The smallest absolute Gasteiger partial charge is 0.227 e. The number of rotatable bonds is 4. The SMILES string of the molecule is O=C(C[C@H](O)c1ccco1)Nc1ccccc1. The van der Waals surface area contributed by atoms with Gasteiger partial charge in [0.2, 0.25) is 5.91 Å². The van der Waals surface area contributed by atoms with Gasteiger partial charge in [0.25, 0.3) is 0 Å². The van der Waals surface area contributed by atoms with Crippen molar-refractivity contribution >= 4 is 11.6 Å². The topological polar surface area (TPSA) is 62.5 Å². The third-order valence-corrected chi connectivity index (χ3v) is 2.31. The Bertz CT molecular complexity index is 465. The summed E-state index contributed by atoms with van der Waals surface area (Å²) in [5.74, 6) is 0.147. The molecule has 0 bridgehead atoms. The summed E-state index contributed by atoms with van der Waals surface area (Å²) in [5, 5.41) is 12.4. The number of para-hydroxylation sites is 1. The highest BCUT2D eigenvalue weighted by Crippen LogP contribution is 2.17. The Morgan fingerprint density at radius 2 is 2.00 bits per heavy atom. The predicted molar refractivity (Wildman–Crippen MR) is 63.4 cm³/mol. The molecule has 17 heavy (non-hydrogen) atoms. The van der Waals surface area contributed by atoms with Gasteiger partial charge >= 0.3 is 0 Å². The second-order valence-corrected chi connectivity index (χ2v) is 3.65. The number of amides is 1. The first-order chi connectivity index (χ1) is 8.25. The summed E-state index contributed by atoms with van der Waals surface area (Å²) in [6.45, 7) is 0. The van der Waals surface area contributed by atoms with Crippen molar-refractivity contribution in [3.05, 3.63) is 54.5 Å². The van der Waals surface area contributed by atoms with Crippen molar-refractivity contribution in [3.63, 3.8) is 0 Å². The normalized spacial score (nSPS) is 12.1. The van der Waals surface area contributed by atoms with Crippen molar-refractivity contribution in [3.8, 4) is 0 Å². The van der Waals surface area contributed by atoms with Gasteiger partial charge in [-0.25, -0.2) is 0 Å². The number of anilines is 1. The van der Waals surface area contributed by atoms with Gasteiger partial charge < -0.3 is 14.8 Å². The third kappa shape index (κ3) is 3.19. The highest BCUT2D eigenvalue weighted by Gasteiger charge is 2.15. The lowest BCUT2D eigenvalue weighted by Gasteiger charge is -2.08. The minimum atomic E-state index is -0.909. The summed E-state index contributed by atoms with van der Waals surface area (Å²) in [5.41, 5.74) is 0.712. The number of carbonyl (C=O) groups excluding carboxylic acids is 1. The number of carbonyl (C=O) groups is 1. The van der Waals surface area contributed by atoms with E-state index < -0.39 is 6.10 Å². The zero-order chi connectivity index (χ0) is 12.1. The minimum Gasteiger partial charge on any atom is -0.467 e. The van der Waals surface area contributed by atoms with E-state index in [4.69, 9.17) is 4.42 Å². The first-order valence-electron chi connectivity index (χ1n) is 5.32. The van der Waals surface area contributed by atoms with Crippen molar-refractivity contribution < 1.29 is 14.3 Å². The third-order valence-electron chi connectivity index (χ3n) is 2.31. The monoisotopic (exact) mass is 231 g/mol. The van der Waals surface area contributed by atoms with E-state index in [-0.39, 0.29) is 12.3 Å². The number of aliphatic hydroxyl groups is 1. The zero-order valence-electron chi connectivity index (χ0n) is 9.17. The summed E-state index contributed by atoms with van der Waals surface area (Å²) in [4.78, 5) is 11.6. The van der Waals surface area contributed by atoms with E-state index >= 15 is 0 Å². The minimum absolute atomic E-state index is 0.0254. The highest BCUT2D eigenvalue weighted by molar-refractivity contribution is 5.90. The molecule has 4 nitrogen and oxygen atoms in total. The molecular weight excluding hydrogens is 218 g/mol. The fourth-order valence-electron chi connectivity index (χ4n) is 1.49. The summed E-state index contributed by atoms with van der Waals surface area (Å²) in [7, 11) is 0. The molecule has 2 aromatic rings. The van der Waals surface area contributed by atoms with Gasteiger partial charge in [-0.05, 0) is 24.3 Å². The number of nitrogens with one attached hydrogen (secondary N) is 1. The van der Waals surface area contributed by atoms with Crippen LogP contribution in [-0.4, -0.2) is 11.0 Å². The van der Waals surface area contributed by atoms with E-state index in [1.165, 1.54) is 6.26 Å². The van der Waals surface area contributed by atoms with Crippen LogP contribution in [0.4, 0.5) is 5.69 Å². The van der Waals surface area contributed by atoms with Crippen LogP contribution in [0.3, 0.4) is 0 Å². The molecule has 1 aromatic heterocycles. The van der Waals surface area contributed by atoms with Gasteiger partial charge in [0, 0.05) is 5.69 Å². The second kappa shape index (κ2) is 5.32. The molecule has 0 radical (unpaired) electrons. The van der Waals surface area contributed by atoms with Crippen molar-refractivity contribution in [1.82, 2.24) is 0 Å². The molecule has 0 aliphatic rings. The van der Waals surface area contributed by atoms with Gasteiger partial charge in [0.05, 0.1) is 12.7 Å². The van der Waals surface area contributed by atoms with Gasteiger partial charge in [0.15, 0.2) is 0 Å². The van der Waals surface area contributed by atoms with E-state index in [0.717, 1.165) is 0 Å². The Balaban J connectivity index is 1.90. The van der Waals surface area contributed by atoms with E-state index in [1.54, 1.807) is 24.3 Å². The van der Waals surface area contributed by atoms with E-state index in [9.17, 15) is 9.90 Å². The Kier molecular flexibility index (Phi) is 3.57. The Hall–Kier alpha value is -2.07. The molecule has 4 heteroatoms. The number of hydrogen-bond donors (Lipinski definition) is 2. The molecule has 0 aliphatic carbocycles. The van der Waals surface area contributed by atoms with Crippen LogP contribution in [0.15, 0.2) is 53.1 Å². The van der Waals surface area contributed by atoms with Crippen molar-refractivity contribution in [2.24, 2.45) is 0 Å². The zero-order valence-corrected chi connectivity index (χ0v) is 9.17. The molecule has 0 unspecified atom stereocenters. The molecule has 0 saturated carbocycles. The van der Waals surface area contributed by atoms with Crippen LogP contribution >= 0.6 is 0 Å². The first kappa shape index (κ1) is 11.4. The largest absolute Gasteiger partial charge is 0.467 e. The second-order valence-electron chi connectivity index (χ2n) is 3.65. The predicted octanol–water partition coefficient (Wildman–Crippen LogP) is 2.34. The van der Waals surface area contributed by atoms with Crippen LogP contribution in [-0.2, 0) is 4.79 Å². The van der Waals surface area contributed by atoms with Crippen LogP contribution < -0.4 is 5.32 Å². The van der Waals surface area contributed by atoms with Crippen LogP contribution in [0.2, 0.25) is 0 Å². The molecule has 0 aliphatic heterocycles. The summed E-state index contributed by atoms with van der Waals surface area (Å²) >= 11 is 0. The van der Waals surface area contributed by atoms with Gasteiger partial charge in [-0.2, -0.15) is 0 Å². The molecule has 2 rings (SSSR count). The number of aliphatic hydroxyl groups excluding tert-OH is 1. The van der Waals surface area contributed by atoms with Gasteiger partial charge in [-0.15, -0.1) is 0 Å². The Morgan fingerprint density at radius 3 is 2.65 bits per heavy atom. The molecule has 0 fully saturated rings. The molecule has 88 valence electrons. The molecule has 1 aromatic carbocycles. The molecule has 0 spiro atoms. The average molecular weight is 231 g/mol. The summed E-state index contributed by atoms with van der Waals surface area (Å²) < 4.78 is 5.02. The fraction of sp³-hybridized carbons (Fsp3) is 0.154. The van der Waals surface area contributed by atoms with E-state index in [1.807, 2.05) is 18.2 Å². The van der Waals surface area contributed by atoms with Crippen molar-refractivity contribution in [2.45, 2.75) is 12.5 Å². The Morgan fingerprint density at radius 1 is 1.24 bits per heavy atom. The molecule has 1 amide bonds.